The van der Waals surface area contributed by atoms with Gasteiger partial charge in [-0.2, -0.15) is 0 Å². The van der Waals surface area contributed by atoms with Crippen LogP contribution in [-0.4, -0.2) is 31.3 Å². The van der Waals surface area contributed by atoms with Gasteiger partial charge in [0.05, 0.1) is 18.2 Å². The zero-order chi connectivity index (χ0) is 14.0. The molecule has 1 atom stereocenters. The van der Waals surface area contributed by atoms with Crippen molar-refractivity contribution in [3.05, 3.63) is 30.1 Å². The lowest BCUT2D eigenvalue weighted by Gasteiger charge is -2.32. The molecule has 0 bridgehead atoms. The summed E-state index contributed by atoms with van der Waals surface area (Å²) in [6, 6.07) is 6.44. The number of nitrogens with two attached hydrogens (primary N) is 1. The molecular weight excluding hydrogens is 245 g/mol. The first kappa shape index (κ1) is 13.8. The first-order valence-electron chi connectivity index (χ1n) is 6.33. The van der Waals surface area contributed by atoms with Crippen LogP contribution in [0.1, 0.15) is 20.3 Å². The summed E-state index contributed by atoms with van der Waals surface area (Å²) in [5.41, 5.74) is 6.55. The number of benzene rings is 1. The third kappa shape index (κ3) is 3.04. The van der Waals surface area contributed by atoms with E-state index >= 15 is 0 Å². The Morgan fingerprint density at radius 2 is 2.05 bits per heavy atom. The van der Waals surface area contributed by atoms with E-state index in [4.69, 9.17) is 10.5 Å². The molecule has 1 unspecified atom stereocenters. The van der Waals surface area contributed by atoms with Gasteiger partial charge in [-0.25, -0.2) is 4.39 Å². The van der Waals surface area contributed by atoms with Gasteiger partial charge in [0.25, 0.3) is 0 Å². The molecule has 1 aliphatic rings. The van der Waals surface area contributed by atoms with Gasteiger partial charge in [-0.05, 0) is 44.5 Å². The van der Waals surface area contributed by atoms with E-state index in [1.54, 1.807) is 19.2 Å². The molecule has 19 heavy (non-hydrogen) atoms. The maximum atomic E-state index is 13.0. The van der Waals surface area contributed by atoms with Crippen molar-refractivity contribution in [3.63, 3.8) is 0 Å². The molecule has 0 saturated heterocycles. The Bertz CT molecular complexity index is 470. The van der Waals surface area contributed by atoms with Gasteiger partial charge >= 0.3 is 0 Å². The van der Waals surface area contributed by atoms with Crippen molar-refractivity contribution in [1.29, 1.82) is 0 Å². The summed E-state index contributed by atoms with van der Waals surface area (Å²) in [6.07, 6.45) is 0.797. The van der Waals surface area contributed by atoms with Crippen molar-refractivity contribution in [2.24, 2.45) is 10.7 Å². The zero-order valence-electron chi connectivity index (χ0n) is 11.6. The van der Waals surface area contributed by atoms with E-state index in [-0.39, 0.29) is 17.5 Å². The second-order valence-electron chi connectivity index (χ2n) is 5.37. The van der Waals surface area contributed by atoms with Crippen molar-refractivity contribution >= 4 is 11.6 Å². The van der Waals surface area contributed by atoms with Crippen LogP contribution in [0.5, 0.6) is 0 Å². The van der Waals surface area contributed by atoms with Crippen LogP contribution in [0.3, 0.4) is 0 Å². The fraction of sp³-hybridized carbons (Fsp3) is 0.500. The molecule has 2 rings (SSSR count). The van der Waals surface area contributed by atoms with Gasteiger partial charge in [0, 0.05) is 12.8 Å². The van der Waals surface area contributed by atoms with Crippen LogP contribution in [0, 0.1) is 5.82 Å². The van der Waals surface area contributed by atoms with Gasteiger partial charge in [0.2, 0.25) is 0 Å². The van der Waals surface area contributed by atoms with E-state index in [0.29, 0.717) is 12.5 Å². The minimum absolute atomic E-state index is 0.139. The highest BCUT2D eigenvalue weighted by atomic mass is 19.1. The standard InChI is InChI=1S/C14H20FN3O/c1-14(2,19-3)8-12-9-17-13(16)18(12)11-6-4-10(15)5-7-11/h4-7,12H,8-9H2,1-3H3,(H2,16,17). The summed E-state index contributed by atoms with van der Waals surface area (Å²) in [6.45, 7) is 4.70. The summed E-state index contributed by atoms with van der Waals surface area (Å²) < 4.78 is 18.5. The Labute approximate surface area is 113 Å². The highest BCUT2D eigenvalue weighted by Gasteiger charge is 2.32. The number of rotatable bonds is 4. The molecule has 4 nitrogen and oxygen atoms in total. The van der Waals surface area contributed by atoms with E-state index in [2.05, 4.69) is 4.99 Å². The Hall–Kier alpha value is -1.62. The average Bonchev–Trinajstić information content (AvgIpc) is 2.71. The Kier molecular flexibility index (Phi) is 3.75. The van der Waals surface area contributed by atoms with Gasteiger partial charge in [0.15, 0.2) is 5.96 Å². The molecule has 5 heteroatoms. The quantitative estimate of drug-likeness (QED) is 0.907. The van der Waals surface area contributed by atoms with Crippen molar-refractivity contribution in [2.45, 2.75) is 31.9 Å². The number of guanidine groups is 1. The molecule has 0 radical (unpaired) electrons. The molecule has 0 fully saturated rings. The highest BCUT2D eigenvalue weighted by Crippen LogP contribution is 2.27. The Morgan fingerprint density at radius 3 is 2.63 bits per heavy atom. The average molecular weight is 265 g/mol. The third-order valence-electron chi connectivity index (χ3n) is 3.46. The van der Waals surface area contributed by atoms with Gasteiger partial charge in [-0.3, -0.25) is 4.99 Å². The number of nitrogens with zero attached hydrogens (tertiary/aromatic N) is 2. The minimum atomic E-state index is -0.257. The van der Waals surface area contributed by atoms with E-state index in [1.165, 1.54) is 12.1 Å². The number of aliphatic imine (C=N–C) groups is 1. The molecule has 2 N–H and O–H groups in total. The molecule has 0 aliphatic carbocycles. The van der Waals surface area contributed by atoms with Gasteiger partial charge in [0.1, 0.15) is 5.82 Å². The Morgan fingerprint density at radius 1 is 1.42 bits per heavy atom. The van der Waals surface area contributed by atoms with E-state index < -0.39 is 0 Å². The van der Waals surface area contributed by atoms with E-state index in [0.717, 1.165) is 12.1 Å². The minimum Gasteiger partial charge on any atom is -0.379 e. The topological polar surface area (TPSA) is 50.9 Å². The molecule has 1 aromatic carbocycles. The monoisotopic (exact) mass is 265 g/mol. The van der Waals surface area contributed by atoms with Crippen molar-refractivity contribution in [2.75, 3.05) is 18.6 Å². The molecule has 0 saturated carbocycles. The molecule has 1 heterocycles. The van der Waals surface area contributed by atoms with E-state index in [1.807, 2.05) is 18.7 Å². The lowest BCUT2D eigenvalue weighted by atomic mass is 9.98. The summed E-state index contributed by atoms with van der Waals surface area (Å²) in [7, 11) is 1.70. The second kappa shape index (κ2) is 5.17. The normalized spacial score (nSPS) is 19.7. The van der Waals surface area contributed by atoms with Crippen LogP contribution in [0.25, 0.3) is 0 Å². The molecule has 104 valence electrons. The predicted octanol–water partition coefficient (Wildman–Crippen LogP) is 2.14. The number of ether oxygens (including phenoxy) is 1. The molecular formula is C14H20FN3O. The van der Waals surface area contributed by atoms with Gasteiger partial charge in [-0.15, -0.1) is 0 Å². The zero-order valence-corrected chi connectivity index (χ0v) is 11.6. The van der Waals surface area contributed by atoms with Gasteiger partial charge < -0.3 is 15.4 Å². The summed E-state index contributed by atoms with van der Waals surface area (Å²) >= 11 is 0. The number of hydrogen-bond acceptors (Lipinski definition) is 4. The van der Waals surface area contributed by atoms with Crippen LogP contribution in [0.4, 0.5) is 10.1 Å². The fourth-order valence-corrected chi connectivity index (χ4v) is 2.30. The summed E-state index contributed by atoms with van der Waals surface area (Å²) in [5, 5.41) is 0. The maximum Gasteiger partial charge on any atom is 0.196 e. The number of hydrogen-bond donors (Lipinski definition) is 1. The first-order chi connectivity index (χ1) is 8.93. The Balaban J connectivity index is 2.20. The lowest BCUT2D eigenvalue weighted by molar-refractivity contribution is 0.0114. The predicted molar refractivity (Wildman–Crippen MR) is 74.9 cm³/mol. The largest absolute Gasteiger partial charge is 0.379 e. The second-order valence-corrected chi connectivity index (χ2v) is 5.37. The molecule has 1 aliphatic heterocycles. The molecule has 1 aromatic rings. The first-order valence-corrected chi connectivity index (χ1v) is 6.33. The lowest BCUT2D eigenvalue weighted by Crippen LogP contribution is -2.44. The van der Waals surface area contributed by atoms with Crippen LogP contribution >= 0.6 is 0 Å². The SMILES string of the molecule is COC(C)(C)CC1CN=C(N)N1c1ccc(F)cc1. The maximum absolute atomic E-state index is 13.0. The fourth-order valence-electron chi connectivity index (χ4n) is 2.30. The molecule has 0 spiro atoms. The van der Waals surface area contributed by atoms with Crippen molar-refractivity contribution in [3.8, 4) is 0 Å². The smallest absolute Gasteiger partial charge is 0.196 e. The van der Waals surface area contributed by atoms with Gasteiger partial charge in [-0.1, -0.05) is 0 Å². The van der Waals surface area contributed by atoms with Crippen molar-refractivity contribution < 1.29 is 9.13 Å². The number of methoxy groups -OCH3 is 1. The summed E-state index contributed by atoms with van der Waals surface area (Å²) in [5.74, 6) is 0.218. The van der Waals surface area contributed by atoms with Crippen LogP contribution in [0.2, 0.25) is 0 Å². The van der Waals surface area contributed by atoms with E-state index in [9.17, 15) is 4.39 Å². The number of anilines is 1. The summed E-state index contributed by atoms with van der Waals surface area (Å²) in [4.78, 5) is 6.23. The third-order valence-corrected chi connectivity index (χ3v) is 3.46. The number of halogens is 1. The van der Waals surface area contributed by atoms with Crippen molar-refractivity contribution in [1.82, 2.24) is 0 Å². The van der Waals surface area contributed by atoms with Crippen LogP contribution in [0.15, 0.2) is 29.3 Å². The molecule has 0 amide bonds. The highest BCUT2D eigenvalue weighted by molar-refractivity contribution is 5.97. The molecule has 0 aromatic heterocycles. The van der Waals surface area contributed by atoms with Crippen LogP contribution < -0.4 is 10.6 Å². The van der Waals surface area contributed by atoms with Crippen LogP contribution in [-0.2, 0) is 4.74 Å².